The van der Waals surface area contributed by atoms with Crippen LogP contribution in [0.4, 0.5) is 22.7 Å². The highest BCUT2D eigenvalue weighted by Crippen LogP contribution is 2.36. The summed E-state index contributed by atoms with van der Waals surface area (Å²) in [6.07, 6.45) is 0. The van der Waals surface area contributed by atoms with Crippen molar-refractivity contribution in [1.29, 1.82) is 0 Å². The van der Waals surface area contributed by atoms with Gasteiger partial charge in [-0.15, -0.1) is 4.13 Å². The first kappa shape index (κ1) is 23.8. The van der Waals surface area contributed by atoms with Gasteiger partial charge in [-0.3, -0.25) is 10.1 Å². The van der Waals surface area contributed by atoms with Crippen LogP contribution in [0, 0.1) is 10.1 Å². The molecular formula is C18H14Cl2N4O6S2. The molecule has 4 N–H and O–H groups in total. The van der Waals surface area contributed by atoms with Crippen LogP contribution >= 0.6 is 23.2 Å². The fraction of sp³-hybridized carbons (Fsp3) is 0. The number of halogens is 2. The van der Waals surface area contributed by atoms with E-state index >= 15 is 0 Å². The highest BCUT2D eigenvalue weighted by atomic mass is 35.5. The fourth-order valence-corrected chi connectivity index (χ4v) is 5.92. The third-order valence-electron chi connectivity index (χ3n) is 4.10. The van der Waals surface area contributed by atoms with Crippen molar-refractivity contribution in [1.82, 2.24) is 4.13 Å². The van der Waals surface area contributed by atoms with Crippen LogP contribution < -0.4 is 15.2 Å². The summed E-state index contributed by atoms with van der Waals surface area (Å²) < 4.78 is 51.5. The molecule has 0 aromatic heterocycles. The van der Waals surface area contributed by atoms with Crippen molar-refractivity contribution in [2.75, 3.05) is 11.1 Å². The van der Waals surface area contributed by atoms with Crippen molar-refractivity contribution < 1.29 is 21.8 Å². The van der Waals surface area contributed by atoms with Gasteiger partial charge in [0.2, 0.25) is 0 Å². The van der Waals surface area contributed by atoms with E-state index in [2.05, 4.69) is 5.32 Å². The first-order valence-corrected chi connectivity index (χ1v) is 12.3. The minimum absolute atomic E-state index is 0.109. The largest absolute Gasteiger partial charge is 0.397 e. The molecule has 3 aromatic carbocycles. The second-order valence-corrected chi connectivity index (χ2v) is 10.8. The van der Waals surface area contributed by atoms with Crippen molar-refractivity contribution in [3.05, 3.63) is 80.8 Å². The quantitative estimate of drug-likeness (QED) is 0.242. The van der Waals surface area contributed by atoms with Crippen molar-refractivity contribution in [3.63, 3.8) is 0 Å². The Morgan fingerprint density at radius 3 is 2.06 bits per heavy atom. The zero-order chi connectivity index (χ0) is 23.7. The molecule has 0 unspecified atom stereocenters. The Hall–Kier alpha value is -2.90. The van der Waals surface area contributed by atoms with E-state index in [1.807, 2.05) is 0 Å². The zero-order valence-electron chi connectivity index (χ0n) is 15.8. The van der Waals surface area contributed by atoms with Crippen molar-refractivity contribution in [2.45, 2.75) is 9.79 Å². The number of hydrogen-bond acceptors (Lipinski definition) is 8. The Balaban J connectivity index is 1.98. The van der Waals surface area contributed by atoms with Gasteiger partial charge in [0.05, 0.1) is 36.1 Å². The molecule has 0 radical (unpaired) electrons. The molecule has 10 nitrogen and oxygen atoms in total. The predicted molar refractivity (Wildman–Crippen MR) is 121 cm³/mol. The first-order chi connectivity index (χ1) is 14.9. The van der Waals surface area contributed by atoms with Crippen LogP contribution in [0.1, 0.15) is 0 Å². The summed E-state index contributed by atoms with van der Waals surface area (Å²) in [5.74, 6) is 0. The molecule has 0 fully saturated rings. The molecule has 0 aliphatic heterocycles. The van der Waals surface area contributed by atoms with Gasteiger partial charge in [-0.1, -0.05) is 41.4 Å². The van der Waals surface area contributed by atoms with Crippen molar-refractivity contribution in [3.8, 4) is 0 Å². The Morgan fingerprint density at radius 1 is 0.812 bits per heavy atom. The Morgan fingerprint density at radius 2 is 1.44 bits per heavy atom. The van der Waals surface area contributed by atoms with Crippen molar-refractivity contribution >= 4 is 66.0 Å². The standard InChI is InChI=1S/C18H14Cl2N4O6S2/c19-13-10-17(14(20)9-15(13)21)22-16-7-6-12(8-18(16)24(25)26)32(29,30)23-31(27,28)11-4-2-1-3-5-11/h1-10,22-23H,21H2. The summed E-state index contributed by atoms with van der Waals surface area (Å²) in [5.41, 5.74) is 5.28. The minimum atomic E-state index is -4.67. The summed E-state index contributed by atoms with van der Waals surface area (Å²) in [6.45, 7) is 0. The SMILES string of the molecule is Nc1cc(Cl)c(Nc2ccc(S(=O)(=O)NS(=O)(=O)c3ccccc3)cc2[N+](=O)[O-])cc1Cl. The number of anilines is 3. The van der Waals surface area contributed by atoms with E-state index in [9.17, 15) is 26.9 Å². The number of benzene rings is 3. The van der Waals surface area contributed by atoms with Gasteiger partial charge in [0, 0.05) is 6.07 Å². The molecule has 0 aliphatic rings. The summed E-state index contributed by atoms with van der Waals surface area (Å²) >= 11 is 12.0. The Labute approximate surface area is 193 Å². The molecule has 0 spiro atoms. The lowest BCUT2D eigenvalue weighted by atomic mass is 10.2. The molecule has 0 amide bonds. The smallest absolute Gasteiger partial charge is 0.294 e. The van der Waals surface area contributed by atoms with Gasteiger partial charge in [0.15, 0.2) is 0 Å². The molecule has 0 saturated heterocycles. The average Bonchev–Trinajstić information content (AvgIpc) is 2.72. The van der Waals surface area contributed by atoms with Gasteiger partial charge in [0.1, 0.15) is 5.69 Å². The summed E-state index contributed by atoms with van der Waals surface area (Å²) in [5, 5.41) is 14.5. The Bertz CT molecular complexity index is 1410. The van der Waals surface area contributed by atoms with Crippen LogP contribution in [0.15, 0.2) is 70.5 Å². The van der Waals surface area contributed by atoms with Gasteiger partial charge in [-0.2, -0.15) is 0 Å². The number of rotatable bonds is 7. The third-order valence-corrected chi connectivity index (χ3v) is 8.27. The fourth-order valence-electron chi connectivity index (χ4n) is 2.58. The normalized spacial score (nSPS) is 11.8. The summed E-state index contributed by atoms with van der Waals surface area (Å²) in [7, 11) is -9.11. The molecule has 3 rings (SSSR count). The number of nitro benzene ring substituents is 1. The van der Waals surface area contributed by atoms with Gasteiger partial charge < -0.3 is 11.1 Å². The van der Waals surface area contributed by atoms with Crippen LogP contribution in [0.2, 0.25) is 10.0 Å². The molecule has 32 heavy (non-hydrogen) atoms. The van der Waals surface area contributed by atoms with E-state index in [0.717, 1.165) is 18.2 Å². The lowest BCUT2D eigenvalue weighted by molar-refractivity contribution is -0.384. The van der Waals surface area contributed by atoms with E-state index in [4.69, 9.17) is 28.9 Å². The second kappa shape index (κ2) is 8.92. The van der Waals surface area contributed by atoms with E-state index in [1.165, 1.54) is 36.4 Å². The second-order valence-electron chi connectivity index (χ2n) is 6.32. The van der Waals surface area contributed by atoms with Gasteiger partial charge in [-0.05, 0) is 36.4 Å². The van der Waals surface area contributed by atoms with Crippen LogP contribution in [-0.2, 0) is 20.0 Å². The zero-order valence-corrected chi connectivity index (χ0v) is 19.0. The molecule has 0 saturated carbocycles. The van der Waals surface area contributed by atoms with Crippen molar-refractivity contribution in [2.24, 2.45) is 0 Å². The molecule has 14 heteroatoms. The first-order valence-electron chi connectivity index (χ1n) is 8.54. The minimum Gasteiger partial charge on any atom is -0.397 e. The number of hydrogen-bond donors (Lipinski definition) is 3. The van der Waals surface area contributed by atoms with Crippen LogP contribution in [-0.4, -0.2) is 21.8 Å². The van der Waals surface area contributed by atoms with E-state index in [-0.39, 0.29) is 32.0 Å². The number of nitro groups is 1. The van der Waals surface area contributed by atoms with Gasteiger partial charge in [0.25, 0.3) is 25.7 Å². The number of nitrogen functional groups attached to an aromatic ring is 1. The number of nitrogens with one attached hydrogen (secondary N) is 2. The highest BCUT2D eigenvalue weighted by molar-refractivity contribution is 8.04. The number of nitrogens with zero attached hydrogens (tertiary/aromatic N) is 1. The maximum absolute atomic E-state index is 12.6. The van der Waals surface area contributed by atoms with E-state index in [0.29, 0.717) is 0 Å². The highest BCUT2D eigenvalue weighted by Gasteiger charge is 2.27. The monoisotopic (exact) mass is 516 g/mol. The number of nitrogens with two attached hydrogens (primary N) is 1. The molecule has 0 bridgehead atoms. The molecule has 3 aromatic rings. The molecule has 168 valence electrons. The lowest BCUT2D eigenvalue weighted by Crippen LogP contribution is -2.30. The molecule has 0 heterocycles. The van der Waals surface area contributed by atoms with Crippen LogP contribution in [0.5, 0.6) is 0 Å². The van der Waals surface area contributed by atoms with Gasteiger partial charge in [-0.25, -0.2) is 16.8 Å². The molecular weight excluding hydrogens is 503 g/mol. The maximum atomic E-state index is 12.6. The Kier molecular flexibility index (Phi) is 6.62. The van der Waals surface area contributed by atoms with E-state index in [1.54, 1.807) is 10.2 Å². The summed E-state index contributed by atoms with van der Waals surface area (Å²) in [4.78, 5) is 9.81. The third kappa shape index (κ3) is 5.11. The predicted octanol–water partition coefficient (Wildman–Crippen LogP) is 3.89. The summed E-state index contributed by atoms with van der Waals surface area (Å²) in [6, 6.07) is 12.3. The average molecular weight is 517 g/mol. The topological polar surface area (TPSA) is 162 Å². The number of sulfonamides is 2. The van der Waals surface area contributed by atoms with Crippen LogP contribution in [0.25, 0.3) is 0 Å². The maximum Gasteiger partial charge on any atom is 0.294 e. The van der Waals surface area contributed by atoms with Gasteiger partial charge >= 0.3 is 0 Å². The molecule has 0 atom stereocenters. The lowest BCUT2D eigenvalue weighted by Gasteiger charge is -2.12. The van der Waals surface area contributed by atoms with E-state index < -0.39 is 35.6 Å². The molecule has 0 aliphatic carbocycles. The van der Waals surface area contributed by atoms with Crippen LogP contribution in [0.3, 0.4) is 0 Å².